The van der Waals surface area contributed by atoms with Gasteiger partial charge in [0.25, 0.3) is 0 Å². The predicted molar refractivity (Wildman–Crippen MR) is 45.0 cm³/mol. The number of benzene rings is 1. The molecule has 0 amide bonds. The Labute approximate surface area is 78.9 Å². The standard InChI is InChI=1S/C7H6Cl2FNO/c8-5-2-7(10)6(9)1-4(5)3-11-12/h1-2,11-12H,3H2. The summed E-state index contributed by atoms with van der Waals surface area (Å²) in [5.74, 6) is -0.566. The second-order valence-corrected chi connectivity index (χ2v) is 3.01. The van der Waals surface area contributed by atoms with Crippen molar-refractivity contribution in [3.63, 3.8) is 0 Å². The van der Waals surface area contributed by atoms with Crippen LogP contribution in [-0.4, -0.2) is 5.21 Å². The summed E-state index contributed by atoms with van der Waals surface area (Å²) in [6.45, 7) is 0.138. The molecule has 1 aromatic carbocycles. The highest BCUT2D eigenvalue weighted by atomic mass is 35.5. The van der Waals surface area contributed by atoms with Gasteiger partial charge in [0, 0.05) is 11.6 Å². The minimum Gasteiger partial charge on any atom is -0.316 e. The molecule has 2 nitrogen and oxygen atoms in total. The van der Waals surface area contributed by atoms with E-state index in [4.69, 9.17) is 28.4 Å². The van der Waals surface area contributed by atoms with Gasteiger partial charge in [0.2, 0.25) is 0 Å². The van der Waals surface area contributed by atoms with Gasteiger partial charge in [-0.1, -0.05) is 23.2 Å². The lowest BCUT2D eigenvalue weighted by Gasteiger charge is -2.03. The summed E-state index contributed by atoms with van der Waals surface area (Å²) < 4.78 is 12.7. The van der Waals surface area contributed by atoms with E-state index in [2.05, 4.69) is 0 Å². The van der Waals surface area contributed by atoms with Gasteiger partial charge in [-0.05, 0) is 17.7 Å². The third-order valence-electron chi connectivity index (χ3n) is 1.36. The van der Waals surface area contributed by atoms with Gasteiger partial charge in [0.15, 0.2) is 0 Å². The fourth-order valence-electron chi connectivity index (χ4n) is 0.784. The monoisotopic (exact) mass is 209 g/mol. The van der Waals surface area contributed by atoms with Gasteiger partial charge in [-0.25, -0.2) is 9.87 Å². The zero-order chi connectivity index (χ0) is 9.14. The fourth-order valence-corrected chi connectivity index (χ4v) is 1.19. The predicted octanol–water partition coefficient (Wildman–Crippen LogP) is 2.61. The van der Waals surface area contributed by atoms with E-state index < -0.39 is 5.82 Å². The van der Waals surface area contributed by atoms with Crippen LogP contribution in [0.1, 0.15) is 5.56 Å². The second-order valence-electron chi connectivity index (χ2n) is 2.19. The molecule has 0 saturated carbocycles. The van der Waals surface area contributed by atoms with Crippen LogP contribution in [0.5, 0.6) is 0 Å². The molecule has 2 N–H and O–H groups in total. The van der Waals surface area contributed by atoms with Crippen molar-refractivity contribution in [2.75, 3.05) is 0 Å². The molecule has 0 saturated heterocycles. The van der Waals surface area contributed by atoms with Crippen LogP contribution < -0.4 is 5.48 Å². The van der Waals surface area contributed by atoms with E-state index in [1.54, 1.807) is 0 Å². The molecule has 0 radical (unpaired) electrons. The van der Waals surface area contributed by atoms with Crippen LogP contribution >= 0.6 is 23.2 Å². The molecule has 5 heteroatoms. The first-order chi connectivity index (χ1) is 5.65. The van der Waals surface area contributed by atoms with Crippen molar-refractivity contribution >= 4 is 23.2 Å². The Kier molecular flexibility index (Phi) is 3.29. The normalized spacial score (nSPS) is 10.3. The molecule has 1 rings (SSSR count). The third-order valence-corrected chi connectivity index (χ3v) is 2.00. The van der Waals surface area contributed by atoms with Gasteiger partial charge in [-0.2, -0.15) is 0 Å². The maximum Gasteiger partial charge on any atom is 0.143 e. The smallest absolute Gasteiger partial charge is 0.143 e. The largest absolute Gasteiger partial charge is 0.316 e. The van der Waals surface area contributed by atoms with Crippen molar-refractivity contribution in [1.29, 1.82) is 0 Å². The highest BCUT2D eigenvalue weighted by Gasteiger charge is 2.05. The number of halogens is 3. The van der Waals surface area contributed by atoms with Crippen LogP contribution in [0.4, 0.5) is 4.39 Å². The van der Waals surface area contributed by atoms with E-state index in [1.807, 2.05) is 5.48 Å². The maximum atomic E-state index is 12.7. The molecular weight excluding hydrogens is 204 g/mol. The molecule has 1 aromatic rings. The molecular formula is C7H6Cl2FNO. The van der Waals surface area contributed by atoms with E-state index >= 15 is 0 Å². The van der Waals surface area contributed by atoms with E-state index in [1.165, 1.54) is 6.07 Å². The minimum absolute atomic E-state index is 0.00958. The van der Waals surface area contributed by atoms with E-state index in [0.29, 0.717) is 5.56 Å². The van der Waals surface area contributed by atoms with Crippen LogP contribution in [0.3, 0.4) is 0 Å². The lowest BCUT2D eigenvalue weighted by molar-refractivity contribution is 0.161. The molecule has 0 aliphatic rings. The summed E-state index contributed by atoms with van der Waals surface area (Å²) >= 11 is 11.1. The van der Waals surface area contributed by atoms with Gasteiger partial charge in [0.05, 0.1) is 5.02 Å². The molecule has 0 fully saturated rings. The lowest BCUT2D eigenvalue weighted by Crippen LogP contribution is -2.06. The van der Waals surface area contributed by atoms with Crippen molar-refractivity contribution in [2.24, 2.45) is 0 Å². The quantitative estimate of drug-likeness (QED) is 0.580. The van der Waals surface area contributed by atoms with Crippen LogP contribution in [0, 0.1) is 5.82 Å². The van der Waals surface area contributed by atoms with E-state index in [0.717, 1.165) is 6.07 Å². The Hall–Kier alpha value is -0.350. The van der Waals surface area contributed by atoms with Crippen molar-refractivity contribution in [2.45, 2.75) is 6.54 Å². The number of hydrogen-bond acceptors (Lipinski definition) is 2. The molecule has 0 aromatic heterocycles. The third kappa shape index (κ3) is 2.08. The molecule has 12 heavy (non-hydrogen) atoms. The molecule has 0 aliphatic heterocycles. The van der Waals surface area contributed by atoms with Gasteiger partial charge in [0.1, 0.15) is 5.82 Å². The average Bonchev–Trinajstić information content (AvgIpc) is 2.01. The number of hydrogen-bond donors (Lipinski definition) is 2. The van der Waals surface area contributed by atoms with Crippen LogP contribution in [0.25, 0.3) is 0 Å². The molecule has 0 spiro atoms. The van der Waals surface area contributed by atoms with Crippen molar-refractivity contribution in [1.82, 2.24) is 5.48 Å². The first-order valence-electron chi connectivity index (χ1n) is 3.15. The number of rotatable bonds is 2. The first-order valence-corrected chi connectivity index (χ1v) is 3.91. The van der Waals surface area contributed by atoms with Crippen LogP contribution in [0.2, 0.25) is 10.0 Å². The topological polar surface area (TPSA) is 32.3 Å². The number of nitrogens with one attached hydrogen (secondary N) is 1. The van der Waals surface area contributed by atoms with Gasteiger partial charge < -0.3 is 5.21 Å². The first kappa shape index (κ1) is 9.74. The van der Waals surface area contributed by atoms with Crippen molar-refractivity contribution in [3.05, 3.63) is 33.6 Å². The molecule has 0 atom stereocenters. The molecule has 0 aliphatic carbocycles. The second kappa shape index (κ2) is 4.05. The molecule has 0 bridgehead atoms. The lowest BCUT2D eigenvalue weighted by atomic mass is 10.2. The highest BCUT2D eigenvalue weighted by Crippen LogP contribution is 2.23. The zero-order valence-corrected chi connectivity index (χ0v) is 7.45. The van der Waals surface area contributed by atoms with Crippen molar-refractivity contribution < 1.29 is 9.60 Å². The summed E-state index contributed by atoms with van der Waals surface area (Å²) in [5, 5.41) is 8.58. The van der Waals surface area contributed by atoms with Crippen molar-refractivity contribution in [3.8, 4) is 0 Å². The van der Waals surface area contributed by atoms with Gasteiger partial charge in [-0.3, -0.25) is 0 Å². The Morgan fingerprint density at radius 1 is 1.33 bits per heavy atom. The van der Waals surface area contributed by atoms with Crippen LogP contribution in [0.15, 0.2) is 12.1 Å². The summed E-state index contributed by atoms with van der Waals surface area (Å²) in [4.78, 5) is 0. The van der Waals surface area contributed by atoms with E-state index in [-0.39, 0.29) is 16.6 Å². The Morgan fingerprint density at radius 2 is 2.00 bits per heavy atom. The van der Waals surface area contributed by atoms with E-state index in [9.17, 15) is 4.39 Å². The summed E-state index contributed by atoms with van der Waals surface area (Å²) in [6.07, 6.45) is 0. The highest BCUT2D eigenvalue weighted by molar-refractivity contribution is 6.33. The fraction of sp³-hybridized carbons (Fsp3) is 0.143. The summed E-state index contributed by atoms with van der Waals surface area (Å²) in [7, 11) is 0. The molecule has 0 unspecified atom stereocenters. The summed E-state index contributed by atoms with van der Waals surface area (Å²) in [5.41, 5.74) is 2.45. The Bertz CT molecular complexity index is 293. The average molecular weight is 210 g/mol. The van der Waals surface area contributed by atoms with Gasteiger partial charge in [-0.15, -0.1) is 0 Å². The van der Waals surface area contributed by atoms with Crippen LogP contribution in [-0.2, 0) is 6.54 Å². The molecule has 0 heterocycles. The molecule has 66 valence electrons. The zero-order valence-electron chi connectivity index (χ0n) is 5.94. The Morgan fingerprint density at radius 3 is 2.58 bits per heavy atom. The minimum atomic E-state index is -0.566. The maximum absolute atomic E-state index is 12.7. The van der Waals surface area contributed by atoms with Gasteiger partial charge >= 0.3 is 0 Å². The SMILES string of the molecule is ONCc1cc(Cl)c(F)cc1Cl. The summed E-state index contributed by atoms with van der Waals surface area (Å²) in [6, 6.07) is 2.47. The number of hydroxylamine groups is 1. The Balaban J connectivity index is 3.05.